The number of benzene rings is 1. The van der Waals surface area contributed by atoms with Gasteiger partial charge in [-0.1, -0.05) is 77.8 Å². The van der Waals surface area contributed by atoms with Crippen LogP contribution in [0.1, 0.15) is 100 Å². The molecule has 0 radical (unpaired) electrons. The van der Waals surface area contributed by atoms with Crippen molar-refractivity contribution in [2.24, 2.45) is 17.8 Å². The molecule has 2 heterocycles. The molecular formula is C41H65N5O8S. The SMILES string of the molecule is CCC(C)C(NC(=O)C1CCCCN1C)C(=O)N(CCOC)C(CC(OCOC)c1nc(C(=O)NC(Cc2ccccc2)CC(C)C(=O)OC)cs1)C(C)C. The van der Waals surface area contributed by atoms with Gasteiger partial charge in [-0.2, -0.15) is 0 Å². The van der Waals surface area contributed by atoms with Crippen molar-refractivity contribution in [3.8, 4) is 0 Å². The Bertz CT molecular complexity index is 1480. The minimum absolute atomic E-state index is 0.00881. The maximum Gasteiger partial charge on any atom is 0.308 e. The summed E-state index contributed by atoms with van der Waals surface area (Å²) < 4.78 is 22.0. The van der Waals surface area contributed by atoms with Gasteiger partial charge < -0.3 is 34.5 Å². The number of aromatic nitrogens is 1. The molecule has 3 amide bonds. The molecule has 3 rings (SSSR count). The van der Waals surface area contributed by atoms with Gasteiger partial charge in [0.2, 0.25) is 11.8 Å². The molecule has 0 aliphatic carbocycles. The lowest BCUT2D eigenvalue weighted by atomic mass is 9.92. The number of carbonyl (C=O) groups is 4. The molecule has 308 valence electrons. The van der Waals surface area contributed by atoms with Gasteiger partial charge in [0.05, 0.1) is 25.7 Å². The Morgan fingerprint density at radius 2 is 1.73 bits per heavy atom. The second kappa shape index (κ2) is 23.6. The number of hydrogen-bond acceptors (Lipinski definition) is 11. The molecule has 14 heteroatoms. The molecular weight excluding hydrogens is 723 g/mol. The van der Waals surface area contributed by atoms with Crippen molar-refractivity contribution < 1.29 is 38.1 Å². The number of carbonyl (C=O) groups excluding carboxylic acids is 4. The molecule has 1 aromatic carbocycles. The highest BCUT2D eigenvalue weighted by molar-refractivity contribution is 7.09. The first-order valence-electron chi connectivity index (χ1n) is 19.6. The molecule has 0 spiro atoms. The van der Waals surface area contributed by atoms with Crippen molar-refractivity contribution in [1.29, 1.82) is 0 Å². The Morgan fingerprint density at radius 3 is 2.35 bits per heavy atom. The molecule has 0 saturated carbocycles. The highest BCUT2D eigenvalue weighted by atomic mass is 32.1. The smallest absolute Gasteiger partial charge is 0.308 e. The van der Waals surface area contributed by atoms with E-state index in [-0.39, 0.29) is 66.1 Å². The fourth-order valence-electron chi connectivity index (χ4n) is 7.13. The van der Waals surface area contributed by atoms with Gasteiger partial charge in [-0.05, 0) is 56.7 Å². The minimum Gasteiger partial charge on any atom is -0.469 e. The molecule has 13 nitrogen and oxygen atoms in total. The largest absolute Gasteiger partial charge is 0.469 e. The number of thiazole rings is 1. The molecule has 1 fully saturated rings. The van der Waals surface area contributed by atoms with Crippen LogP contribution in [0.4, 0.5) is 0 Å². The van der Waals surface area contributed by atoms with E-state index in [2.05, 4.69) is 29.4 Å². The van der Waals surface area contributed by atoms with Crippen LogP contribution in [-0.2, 0) is 39.8 Å². The van der Waals surface area contributed by atoms with Crippen molar-refractivity contribution in [3.05, 3.63) is 52.0 Å². The van der Waals surface area contributed by atoms with Crippen LogP contribution in [-0.4, -0.2) is 118 Å². The fraction of sp³-hybridized carbons (Fsp3) is 0.683. The Kier molecular flexibility index (Phi) is 19.7. The third-order valence-electron chi connectivity index (χ3n) is 10.6. The van der Waals surface area contributed by atoms with E-state index >= 15 is 0 Å². The van der Waals surface area contributed by atoms with Gasteiger partial charge in [-0.15, -0.1) is 11.3 Å². The Morgan fingerprint density at radius 1 is 1.00 bits per heavy atom. The number of methoxy groups -OCH3 is 3. The minimum atomic E-state index is -0.717. The topological polar surface area (TPSA) is 149 Å². The number of nitrogens with zero attached hydrogens (tertiary/aromatic N) is 3. The molecule has 0 bridgehead atoms. The first-order valence-corrected chi connectivity index (χ1v) is 20.5. The van der Waals surface area contributed by atoms with Crippen LogP contribution in [0.2, 0.25) is 0 Å². The number of esters is 1. The molecule has 55 heavy (non-hydrogen) atoms. The van der Waals surface area contributed by atoms with Crippen LogP contribution in [0.25, 0.3) is 0 Å². The zero-order valence-corrected chi connectivity index (χ0v) is 35.2. The van der Waals surface area contributed by atoms with Crippen molar-refractivity contribution in [2.75, 3.05) is 54.9 Å². The third kappa shape index (κ3) is 13.9. The number of nitrogens with one attached hydrogen (secondary N) is 2. The van der Waals surface area contributed by atoms with E-state index in [1.54, 1.807) is 19.4 Å². The standard InChI is InChI=1S/C41H65N5O8S/c1-10-28(4)36(44-38(48)33-18-14-15-19-45(33)6)40(49)46(20-21-51-7)34(27(2)3)24-35(54-26-52-8)39-43-32(25-55-39)37(47)42-31(22-29(5)41(50)53-9)23-30-16-12-11-13-17-30/h11-13,16-17,25,27-29,31,33-36H,10,14-15,18-24,26H2,1-9H3,(H,42,47)(H,44,48). The van der Waals surface area contributed by atoms with E-state index in [0.29, 0.717) is 43.8 Å². The van der Waals surface area contributed by atoms with Gasteiger partial charge in [0.1, 0.15) is 29.6 Å². The number of likely N-dealkylation sites (tertiary alicyclic amines) is 1. The van der Waals surface area contributed by atoms with Crippen LogP contribution in [0.15, 0.2) is 35.7 Å². The van der Waals surface area contributed by atoms with E-state index in [4.69, 9.17) is 23.9 Å². The van der Waals surface area contributed by atoms with Crippen molar-refractivity contribution >= 4 is 35.0 Å². The Hall–Kier alpha value is -3.43. The number of rotatable bonds is 23. The van der Waals surface area contributed by atoms with Crippen LogP contribution >= 0.6 is 11.3 Å². The first-order chi connectivity index (χ1) is 26.3. The Balaban J connectivity index is 1.88. The molecule has 2 N–H and O–H groups in total. The highest BCUT2D eigenvalue weighted by Gasteiger charge is 2.38. The highest BCUT2D eigenvalue weighted by Crippen LogP contribution is 2.31. The van der Waals surface area contributed by atoms with Gasteiger partial charge in [0.25, 0.3) is 5.91 Å². The number of ether oxygens (including phenoxy) is 4. The number of likely N-dealkylation sites (N-methyl/N-ethyl adjacent to an activating group) is 1. The van der Waals surface area contributed by atoms with E-state index < -0.39 is 18.1 Å². The second-order valence-electron chi connectivity index (χ2n) is 15.1. The fourth-order valence-corrected chi connectivity index (χ4v) is 7.99. The van der Waals surface area contributed by atoms with Crippen molar-refractivity contribution in [2.45, 2.75) is 110 Å². The number of hydrogen-bond donors (Lipinski definition) is 2. The monoisotopic (exact) mass is 787 g/mol. The third-order valence-corrected chi connectivity index (χ3v) is 11.6. The summed E-state index contributed by atoms with van der Waals surface area (Å²) in [4.78, 5) is 63.0. The summed E-state index contributed by atoms with van der Waals surface area (Å²) in [5.41, 5.74) is 1.26. The Labute approximate surface area is 332 Å². The lowest BCUT2D eigenvalue weighted by Gasteiger charge is -2.40. The average Bonchev–Trinajstić information content (AvgIpc) is 3.68. The zero-order chi connectivity index (χ0) is 40.5. The summed E-state index contributed by atoms with van der Waals surface area (Å²) in [7, 11) is 6.47. The number of amides is 3. The van der Waals surface area contributed by atoms with E-state index in [1.807, 2.05) is 56.1 Å². The predicted molar refractivity (Wildman–Crippen MR) is 213 cm³/mol. The summed E-state index contributed by atoms with van der Waals surface area (Å²) in [6.07, 6.45) is 4.18. The first kappa shape index (κ1) is 46.0. The predicted octanol–water partition coefficient (Wildman–Crippen LogP) is 5.25. The lowest BCUT2D eigenvalue weighted by Crippen LogP contribution is -2.59. The van der Waals surface area contributed by atoms with Crippen LogP contribution in [0.5, 0.6) is 0 Å². The molecule has 1 aliphatic rings. The molecule has 1 saturated heterocycles. The van der Waals surface area contributed by atoms with Gasteiger partial charge in [-0.3, -0.25) is 24.1 Å². The summed E-state index contributed by atoms with van der Waals surface area (Å²) >= 11 is 1.30. The molecule has 7 atom stereocenters. The molecule has 7 unspecified atom stereocenters. The lowest BCUT2D eigenvalue weighted by molar-refractivity contribution is -0.145. The van der Waals surface area contributed by atoms with Crippen LogP contribution in [0, 0.1) is 17.8 Å². The summed E-state index contributed by atoms with van der Waals surface area (Å²) in [6, 6.07) is 8.12. The van der Waals surface area contributed by atoms with E-state index in [9.17, 15) is 19.2 Å². The molecule has 1 aliphatic heterocycles. The molecule has 1 aromatic heterocycles. The van der Waals surface area contributed by atoms with Gasteiger partial charge in [-0.25, -0.2) is 4.98 Å². The zero-order valence-electron chi connectivity index (χ0n) is 34.4. The maximum absolute atomic E-state index is 14.7. The van der Waals surface area contributed by atoms with Gasteiger partial charge in [0.15, 0.2) is 0 Å². The van der Waals surface area contributed by atoms with Crippen LogP contribution < -0.4 is 10.6 Å². The second-order valence-corrected chi connectivity index (χ2v) is 16.0. The van der Waals surface area contributed by atoms with Gasteiger partial charge in [0, 0.05) is 44.6 Å². The normalized spacial score (nSPS) is 18.1. The summed E-state index contributed by atoms with van der Waals surface area (Å²) in [5, 5.41) is 8.53. The van der Waals surface area contributed by atoms with Crippen LogP contribution in [0.3, 0.4) is 0 Å². The molecule has 2 aromatic rings. The average molecular weight is 788 g/mol. The van der Waals surface area contributed by atoms with Gasteiger partial charge >= 0.3 is 5.97 Å². The summed E-state index contributed by atoms with van der Waals surface area (Å²) in [5.74, 6) is -1.51. The quantitative estimate of drug-likeness (QED) is 0.113. The van der Waals surface area contributed by atoms with E-state index in [1.165, 1.54) is 25.6 Å². The van der Waals surface area contributed by atoms with Crippen molar-refractivity contribution in [1.82, 2.24) is 25.4 Å². The number of piperidine rings is 1. The van der Waals surface area contributed by atoms with Crippen molar-refractivity contribution in [3.63, 3.8) is 0 Å². The van der Waals surface area contributed by atoms with E-state index in [0.717, 1.165) is 31.4 Å². The maximum atomic E-state index is 14.7. The summed E-state index contributed by atoms with van der Waals surface area (Å²) in [6.45, 7) is 11.4.